The van der Waals surface area contributed by atoms with E-state index in [4.69, 9.17) is 4.74 Å². The van der Waals surface area contributed by atoms with Gasteiger partial charge in [0.1, 0.15) is 12.4 Å². The van der Waals surface area contributed by atoms with Gasteiger partial charge in [0.15, 0.2) is 0 Å². The first-order valence-corrected chi connectivity index (χ1v) is 5.68. The molecule has 0 amide bonds. The van der Waals surface area contributed by atoms with Gasteiger partial charge < -0.3 is 10.1 Å². The lowest BCUT2D eigenvalue weighted by atomic mass is 10.1. The number of benzene rings is 1. The summed E-state index contributed by atoms with van der Waals surface area (Å²) in [5, 5.41) is 3.20. The number of nitrogens with one attached hydrogen (secondary N) is 1. The first-order chi connectivity index (χ1) is 7.19. The first kappa shape index (κ1) is 12.3. The molecule has 1 aromatic rings. The molecule has 0 radical (unpaired) electrons. The molecule has 0 saturated heterocycles. The summed E-state index contributed by atoms with van der Waals surface area (Å²) in [5.41, 5.74) is 1.16. The van der Waals surface area contributed by atoms with Crippen molar-refractivity contribution in [1.82, 2.24) is 5.32 Å². The van der Waals surface area contributed by atoms with Crippen molar-refractivity contribution >= 4 is 15.9 Å². The molecule has 0 fully saturated rings. The van der Waals surface area contributed by atoms with Crippen LogP contribution in [0.25, 0.3) is 0 Å². The minimum absolute atomic E-state index is 0.276. The number of hydrogen-bond donors (Lipinski definition) is 1. The second-order valence-electron chi connectivity index (χ2n) is 3.29. The second-order valence-corrected chi connectivity index (χ2v) is 4.21. The maximum atomic E-state index is 5.60. The van der Waals surface area contributed by atoms with E-state index in [1.807, 2.05) is 19.2 Å². The monoisotopic (exact) mass is 269 g/mol. The topological polar surface area (TPSA) is 21.3 Å². The minimum atomic E-state index is 0.276. The molecule has 1 unspecified atom stereocenters. The van der Waals surface area contributed by atoms with Gasteiger partial charge >= 0.3 is 0 Å². The zero-order chi connectivity index (χ0) is 11.3. The van der Waals surface area contributed by atoms with Gasteiger partial charge in [-0.2, -0.15) is 0 Å². The number of hydrogen-bond acceptors (Lipinski definition) is 2. The Morgan fingerprint density at radius 2 is 2.33 bits per heavy atom. The Balaban J connectivity index is 2.96. The zero-order valence-corrected chi connectivity index (χ0v) is 10.7. The van der Waals surface area contributed by atoms with E-state index < -0.39 is 0 Å². The van der Waals surface area contributed by atoms with Crippen LogP contribution in [0.5, 0.6) is 5.75 Å². The summed E-state index contributed by atoms with van der Waals surface area (Å²) < 4.78 is 6.62. The Labute approximate surface area is 99.5 Å². The average Bonchev–Trinajstić information content (AvgIpc) is 2.25. The maximum Gasteiger partial charge on any atom is 0.125 e. The molecule has 0 aliphatic rings. The Bertz CT molecular complexity index is 338. The van der Waals surface area contributed by atoms with Gasteiger partial charge in [0.05, 0.1) is 0 Å². The molecule has 15 heavy (non-hydrogen) atoms. The smallest absolute Gasteiger partial charge is 0.125 e. The summed E-state index contributed by atoms with van der Waals surface area (Å²) in [4.78, 5) is 0. The summed E-state index contributed by atoms with van der Waals surface area (Å²) in [6.07, 6.45) is 1.74. The molecule has 2 nitrogen and oxygen atoms in total. The van der Waals surface area contributed by atoms with Crippen LogP contribution in [0.4, 0.5) is 0 Å². The van der Waals surface area contributed by atoms with Crippen LogP contribution in [0, 0.1) is 0 Å². The molecule has 82 valence electrons. The lowest BCUT2D eigenvalue weighted by molar-refractivity contribution is 0.355. The molecular formula is C12H16BrNO. The number of halogens is 1. The lowest BCUT2D eigenvalue weighted by Gasteiger charge is -2.16. The normalized spacial score (nSPS) is 12.2. The van der Waals surface area contributed by atoms with Crippen molar-refractivity contribution in [3.63, 3.8) is 0 Å². The lowest BCUT2D eigenvalue weighted by Crippen LogP contribution is -2.13. The predicted octanol–water partition coefficient (Wildman–Crippen LogP) is 3.29. The molecule has 1 rings (SSSR count). The highest BCUT2D eigenvalue weighted by Gasteiger charge is 2.09. The fourth-order valence-electron chi connectivity index (χ4n) is 1.30. The Hall–Kier alpha value is -0.800. The highest BCUT2D eigenvalue weighted by Crippen LogP contribution is 2.28. The van der Waals surface area contributed by atoms with Crippen LogP contribution in [0.3, 0.4) is 0 Å². The molecule has 0 aromatic heterocycles. The molecule has 0 saturated carbocycles. The van der Waals surface area contributed by atoms with Crippen molar-refractivity contribution in [2.24, 2.45) is 0 Å². The van der Waals surface area contributed by atoms with Gasteiger partial charge in [-0.1, -0.05) is 34.7 Å². The summed E-state index contributed by atoms with van der Waals surface area (Å²) in [6.45, 7) is 6.27. The van der Waals surface area contributed by atoms with Gasteiger partial charge in [-0.3, -0.25) is 0 Å². The van der Waals surface area contributed by atoms with Crippen LogP contribution in [0.15, 0.2) is 35.3 Å². The summed E-state index contributed by atoms with van der Waals surface area (Å²) in [5.74, 6) is 0.895. The largest absolute Gasteiger partial charge is 0.489 e. The van der Waals surface area contributed by atoms with Gasteiger partial charge in [0, 0.05) is 16.1 Å². The summed E-state index contributed by atoms with van der Waals surface area (Å²) in [6, 6.07) is 6.33. The first-order valence-electron chi connectivity index (χ1n) is 4.89. The van der Waals surface area contributed by atoms with E-state index in [2.05, 4.69) is 40.8 Å². The molecule has 0 spiro atoms. The third-order valence-electron chi connectivity index (χ3n) is 2.23. The maximum absolute atomic E-state index is 5.60. The van der Waals surface area contributed by atoms with Crippen LogP contribution < -0.4 is 10.1 Å². The van der Waals surface area contributed by atoms with E-state index in [1.54, 1.807) is 6.08 Å². The van der Waals surface area contributed by atoms with Crippen LogP contribution in [-0.2, 0) is 0 Å². The Morgan fingerprint density at radius 3 is 2.93 bits per heavy atom. The van der Waals surface area contributed by atoms with Gasteiger partial charge in [-0.05, 0) is 26.1 Å². The van der Waals surface area contributed by atoms with Crippen molar-refractivity contribution in [3.05, 3.63) is 40.9 Å². The van der Waals surface area contributed by atoms with E-state index in [-0.39, 0.29) is 6.04 Å². The van der Waals surface area contributed by atoms with E-state index in [0.29, 0.717) is 6.61 Å². The molecule has 1 aromatic carbocycles. The molecule has 0 aliphatic heterocycles. The fourth-order valence-corrected chi connectivity index (χ4v) is 1.64. The third kappa shape index (κ3) is 3.36. The molecule has 3 heteroatoms. The van der Waals surface area contributed by atoms with Crippen LogP contribution in [-0.4, -0.2) is 13.7 Å². The highest BCUT2D eigenvalue weighted by molar-refractivity contribution is 9.10. The van der Waals surface area contributed by atoms with Crippen molar-refractivity contribution < 1.29 is 4.74 Å². The fraction of sp³-hybridized carbons (Fsp3) is 0.333. The van der Waals surface area contributed by atoms with Gasteiger partial charge in [-0.25, -0.2) is 0 Å². The quantitative estimate of drug-likeness (QED) is 0.829. The third-order valence-corrected chi connectivity index (χ3v) is 2.73. The van der Waals surface area contributed by atoms with Crippen molar-refractivity contribution in [2.45, 2.75) is 13.0 Å². The molecule has 1 atom stereocenters. The second kappa shape index (κ2) is 5.93. The average molecular weight is 270 g/mol. The van der Waals surface area contributed by atoms with Crippen molar-refractivity contribution in [3.8, 4) is 5.75 Å². The van der Waals surface area contributed by atoms with Gasteiger partial charge in [-0.15, -0.1) is 0 Å². The minimum Gasteiger partial charge on any atom is -0.489 e. The summed E-state index contributed by atoms with van der Waals surface area (Å²) >= 11 is 3.43. The van der Waals surface area contributed by atoms with Crippen LogP contribution >= 0.6 is 15.9 Å². The SMILES string of the molecule is C=CCOc1cc(Br)ccc1C(C)NC. The van der Waals surface area contributed by atoms with Gasteiger partial charge in [0.2, 0.25) is 0 Å². The Kier molecular flexibility index (Phi) is 4.85. The standard InChI is InChI=1S/C12H16BrNO/c1-4-7-15-12-8-10(13)5-6-11(12)9(2)14-3/h4-6,8-9,14H,1,7H2,2-3H3. The Morgan fingerprint density at radius 1 is 1.60 bits per heavy atom. The number of ether oxygens (including phenoxy) is 1. The predicted molar refractivity (Wildman–Crippen MR) is 67.3 cm³/mol. The van der Waals surface area contributed by atoms with E-state index >= 15 is 0 Å². The van der Waals surface area contributed by atoms with E-state index in [1.165, 1.54) is 0 Å². The van der Waals surface area contributed by atoms with Gasteiger partial charge in [0.25, 0.3) is 0 Å². The van der Waals surface area contributed by atoms with E-state index in [9.17, 15) is 0 Å². The zero-order valence-electron chi connectivity index (χ0n) is 9.09. The molecule has 0 aliphatic carbocycles. The number of rotatable bonds is 5. The highest BCUT2D eigenvalue weighted by atomic mass is 79.9. The molecule has 0 heterocycles. The molecular weight excluding hydrogens is 254 g/mol. The molecule has 1 N–H and O–H groups in total. The molecule has 0 bridgehead atoms. The van der Waals surface area contributed by atoms with Crippen LogP contribution in [0.2, 0.25) is 0 Å². The van der Waals surface area contributed by atoms with Crippen LogP contribution in [0.1, 0.15) is 18.5 Å². The van der Waals surface area contributed by atoms with E-state index in [0.717, 1.165) is 15.8 Å². The van der Waals surface area contributed by atoms with Crippen molar-refractivity contribution in [1.29, 1.82) is 0 Å². The van der Waals surface area contributed by atoms with Crippen molar-refractivity contribution in [2.75, 3.05) is 13.7 Å². The summed E-state index contributed by atoms with van der Waals surface area (Å²) in [7, 11) is 1.93.